The maximum Gasteiger partial charge on any atom is 0.337 e. The second-order valence-electron chi connectivity index (χ2n) is 7.09. The average molecular weight is 449 g/mol. The van der Waals surface area contributed by atoms with Crippen molar-refractivity contribution in [2.45, 2.75) is 24.8 Å². The molecule has 0 bridgehead atoms. The van der Waals surface area contributed by atoms with Crippen LogP contribution in [0.5, 0.6) is 17.2 Å². The second kappa shape index (κ2) is 9.36. The first-order valence-electron chi connectivity index (χ1n) is 9.53. The van der Waals surface area contributed by atoms with Crippen LogP contribution in [-0.2, 0) is 19.6 Å². The summed E-state index contributed by atoms with van der Waals surface area (Å²) < 4.78 is 48.9. The number of benzene rings is 2. The van der Waals surface area contributed by atoms with Crippen molar-refractivity contribution in [3.8, 4) is 17.2 Å². The number of ether oxygens (including phenoxy) is 4. The molecule has 0 aromatic heterocycles. The molecule has 31 heavy (non-hydrogen) atoms. The van der Waals surface area contributed by atoms with Crippen molar-refractivity contribution in [3.05, 3.63) is 48.0 Å². The van der Waals surface area contributed by atoms with Crippen molar-refractivity contribution in [3.63, 3.8) is 0 Å². The zero-order valence-electron chi connectivity index (χ0n) is 17.3. The molecule has 0 radical (unpaired) electrons. The highest BCUT2D eigenvalue weighted by atomic mass is 32.2. The lowest BCUT2D eigenvalue weighted by Gasteiger charge is -2.22. The lowest BCUT2D eigenvalue weighted by molar-refractivity contribution is -0.137. The number of sulfonamides is 1. The van der Waals surface area contributed by atoms with Gasteiger partial charge < -0.3 is 18.9 Å². The molecule has 3 rings (SSSR count). The number of carbonyl (C=O) groups is 2. The SMILES string of the molecule is COC(=O)c1ccc(OC(=O)[C@H](NS(=O)(=O)c2ccc3c(c2)OCCO3)C(C)C)cc1. The summed E-state index contributed by atoms with van der Waals surface area (Å²) in [5, 5.41) is 0. The van der Waals surface area contributed by atoms with Gasteiger partial charge in [0, 0.05) is 6.07 Å². The van der Waals surface area contributed by atoms with Crippen LogP contribution in [0.25, 0.3) is 0 Å². The Hall–Kier alpha value is -3.11. The molecule has 166 valence electrons. The minimum atomic E-state index is -4.04. The topological polar surface area (TPSA) is 117 Å². The number of methoxy groups -OCH3 is 1. The third-order valence-electron chi connectivity index (χ3n) is 4.52. The van der Waals surface area contributed by atoms with Gasteiger partial charge in [-0.05, 0) is 42.3 Å². The van der Waals surface area contributed by atoms with Crippen LogP contribution in [0.2, 0.25) is 0 Å². The fraction of sp³-hybridized carbons (Fsp3) is 0.333. The molecule has 0 amide bonds. The molecule has 10 heteroatoms. The number of nitrogens with one attached hydrogen (secondary N) is 1. The monoisotopic (exact) mass is 449 g/mol. The van der Waals surface area contributed by atoms with E-state index in [2.05, 4.69) is 9.46 Å². The number of fused-ring (bicyclic) bond motifs is 1. The summed E-state index contributed by atoms with van der Waals surface area (Å²) in [6.45, 7) is 4.09. The maximum absolute atomic E-state index is 12.9. The van der Waals surface area contributed by atoms with E-state index in [-0.39, 0.29) is 10.6 Å². The van der Waals surface area contributed by atoms with Crippen LogP contribution in [0.4, 0.5) is 0 Å². The van der Waals surface area contributed by atoms with Crippen LogP contribution >= 0.6 is 0 Å². The van der Waals surface area contributed by atoms with Gasteiger partial charge >= 0.3 is 11.9 Å². The van der Waals surface area contributed by atoms with Crippen molar-refractivity contribution in [1.82, 2.24) is 4.72 Å². The van der Waals surface area contributed by atoms with Gasteiger partial charge in [-0.2, -0.15) is 4.72 Å². The van der Waals surface area contributed by atoms with Crippen LogP contribution in [-0.4, -0.2) is 46.7 Å². The van der Waals surface area contributed by atoms with Gasteiger partial charge in [0.15, 0.2) is 11.5 Å². The van der Waals surface area contributed by atoms with E-state index in [1.807, 2.05) is 0 Å². The van der Waals surface area contributed by atoms with Crippen molar-refractivity contribution >= 4 is 22.0 Å². The second-order valence-corrected chi connectivity index (χ2v) is 8.80. The van der Waals surface area contributed by atoms with Crippen LogP contribution in [0.1, 0.15) is 24.2 Å². The highest BCUT2D eigenvalue weighted by Gasteiger charge is 2.31. The Morgan fingerprint density at radius 2 is 1.65 bits per heavy atom. The number of hydrogen-bond donors (Lipinski definition) is 1. The smallest absolute Gasteiger partial charge is 0.337 e. The molecular weight excluding hydrogens is 426 g/mol. The molecular formula is C21H23NO8S. The molecule has 0 aliphatic carbocycles. The van der Waals surface area contributed by atoms with Gasteiger partial charge in [-0.25, -0.2) is 18.0 Å². The van der Waals surface area contributed by atoms with Gasteiger partial charge in [0.05, 0.1) is 17.6 Å². The van der Waals surface area contributed by atoms with Gasteiger partial charge in [-0.1, -0.05) is 13.8 Å². The fourth-order valence-electron chi connectivity index (χ4n) is 2.84. The first-order valence-corrected chi connectivity index (χ1v) is 11.0. The summed E-state index contributed by atoms with van der Waals surface area (Å²) in [5.41, 5.74) is 0.294. The third kappa shape index (κ3) is 5.33. The summed E-state index contributed by atoms with van der Waals surface area (Å²) in [6, 6.07) is 8.84. The Labute approximate surface area is 180 Å². The average Bonchev–Trinajstić information content (AvgIpc) is 2.76. The van der Waals surface area contributed by atoms with Crippen molar-refractivity contribution in [2.24, 2.45) is 5.92 Å². The Kier molecular flexibility index (Phi) is 6.81. The van der Waals surface area contributed by atoms with E-state index in [4.69, 9.17) is 14.2 Å². The van der Waals surface area contributed by atoms with Crippen molar-refractivity contribution < 1.29 is 37.0 Å². The van der Waals surface area contributed by atoms with Gasteiger partial charge in [-0.15, -0.1) is 0 Å². The minimum absolute atomic E-state index is 0.0577. The number of esters is 2. The Morgan fingerprint density at radius 1 is 1.00 bits per heavy atom. The highest BCUT2D eigenvalue weighted by molar-refractivity contribution is 7.89. The van der Waals surface area contributed by atoms with Crippen LogP contribution in [0.15, 0.2) is 47.4 Å². The molecule has 0 unspecified atom stereocenters. The summed E-state index contributed by atoms with van der Waals surface area (Å²) in [4.78, 5) is 24.1. The standard InChI is InChI=1S/C21H23NO8S/c1-13(2)19(21(24)30-15-6-4-14(5-7-15)20(23)27-3)22-31(25,26)16-8-9-17-18(12-16)29-11-10-28-17/h4-9,12-13,19,22H,10-11H2,1-3H3/t19-/m1/s1. The number of hydrogen-bond acceptors (Lipinski definition) is 8. The lowest BCUT2D eigenvalue weighted by Crippen LogP contribution is -2.46. The molecule has 0 saturated carbocycles. The molecule has 1 heterocycles. The predicted octanol–water partition coefficient (Wildman–Crippen LogP) is 2.15. The highest BCUT2D eigenvalue weighted by Crippen LogP contribution is 2.32. The van der Waals surface area contributed by atoms with Crippen molar-refractivity contribution in [2.75, 3.05) is 20.3 Å². The quantitative estimate of drug-likeness (QED) is 0.505. The van der Waals surface area contributed by atoms with E-state index in [0.717, 1.165) is 0 Å². The minimum Gasteiger partial charge on any atom is -0.486 e. The van der Waals surface area contributed by atoms with E-state index >= 15 is 0 Å². The zero-order chi connectivity index (χ0) is 22.6. The maximum atomic E-state index is 12.9. The largest absolute Gasteiger partial charge is 0.486 e. The van der Waals surface area contributed by atoms with Gasteiger partial charge in [0.25, 0.3) is 0 Å². The van der Waals surface area contributed by atoms with Crippen molar-refractivity contribution in [1.29, 1.82) is 0 Å². The molecule has 0 saturated heterocycles. The van der Waals surface area contributed by atoms with E-state index in [1.54, 1.807) is 13.8 Å². The normalized spacial score (nSPS) is 14.1. The first-order chi connectivity index (χ1) is 14.7. The summed E-state index contributed by atoms with van der Waals surface area (Å²) >= 11 is 0. The molecule has 1 aliphatic heterocycles. The van der Waals surface area contributed by atoms with E-state index < -0.39 is 33.9 Å². The fourth-order valence-corrected chi connectivity index (χ4v) is 4.19. The van der Waals surface area contributed by atoms with Crippen LogP contribution in [0.3, 0.4) is 0 Å². The Balaban J connectivity index is 1.75. The van der Waals surface area contributed by atoms with E-state index in [1.165, 1.54) is 49.6 Å². The lowest BCUT2D eigenvalue weighted by atomic mass is 10.1. The Morgan fingerprint density at radius 3 is 2.26 bits per heavy atom. The first kappa shape index (κ1) is 22.6. The van der Waals surface area contributed by atoms with Crippen LogP contribution in [0, 0.1) is 5.92 Å². The molecule has 0 fully saturated rings. The molecule has 2 aromatic carbocycles. The molecule has 1 atom stereocenters. The molecule has 2 aromatic rings. The zero-order valence-corrected chi connectivity index (χ0v) is 18.1. The predicted molar refractivity (Wildman–Crippen MR) is 110 cm³/mol. The summed E-state index contributed by atoms with van der Waals surface area (Å²) in [6.07, 6.45) is 0. The number of carbonyl (C=O) groups excluding carboxylic acids is 2. The molecule has 9 nitrogen and oxygen atoms in total. The summed E-state index contributed by atoms with van der Waals surface area (Å²) in [5.74, 6) is -0.744. The van der Waals surface area contributed by atoms with Gasteiger partial charge in [0.2, 0.25) is 10.0 Å². The number of rotatable bonds is 7. The van der Waals surface area contributed by atoms with E-state index in [9.17, 15) is 18.0 Å². The van der Waals surface area contributed by atoms with Gasteiger partial charge in [0.1, 0.15) is 25.0 Å². The third-order valence-corrected chi connectivity index (χ3v) is 5.96. The molecule has 1 aliphatic rings. The summed E-state index contributed by atoms with van der Waals surface area (Å²) in [7, 11) is -2.78. The molecule has 0 spiro atoms. The Bertz CT molecular complexity index is 1060. The van der Waals surface area contributed by atoms with Crippen LogP contribution < -0.4 is 18.9 Å². The van der Waals surface area contributed by atoms with Gasteiger partial charge in [-0.3, -0.25) is 0 Å². The van der Waals surface area contributed by atoms with E-state index in [0.29, 0.717) is 30.3 Å². The molecule has 1 N–H and O–H groups in total.